The minimum absolute atomic E-state index is 0.00633. The molecule has 1 saturated heterocycles. The predicted molar refractivity (Wildman–Crippen MR) is 77.2 cm³/mol. The van der Waals surface area contributed by atoms with Crippen molar-refractivity contribution in [2.24, 2.45) is 5.92 Å². The summed E-state index contributed by atoms with van der Waals surface area (Å²) in [5.74, 6) is 0.373. The number of nitrogens with zero attached hydrogens (tertiary/aromatic N) is 3. The van der Waals surface area contributed by atoms with Crippen LogP contribution < -0.4 is 5.32 Å². The molecule has 2 unspecified atom stereocenters. The maximum Gasteiger partial charge on any atom is 0.246 e. The highest BCUT2D eigenvalue weighted by Crippen LogP contribution is 2.37. The molecule has 2 aliphatic rings. The molecule has 21 heavy (non-hydrogen) atoms. The van der Waals surface area contributed by atoms with Crippen LogP contribution in [0.5, 0.6) is 0 Å². The number of amides is 2. The van der Waals surface area contributed by atoms with E-state index in [0.717, 1.165) is 24.9 Å². The minimum atomic E-state index is -0.381. The van der Waals surface area contributed by atoms with Gasteiger partial charge in [-0.3, -0.25) is 14.3 Å². The van der Waals surface area contributed by atoms with Gasteiger partial charge in [0.15, 0.2) is 0 Å². The molecule has 114 valence electrons. The number of carbonyl (C=O) groups is 2. The SMILES string of the molecule is CCC1NC(=O)C(C2CC2)N(Cc2cnn(CC)c2)C1=O. The highest BCUT2D eigenvalue weighted by Gasteiger charge is 2.47. The van der Waals surface area contributed by atoms with Crippen LogP contribution >= 0.6 is 0 Å². The Hall–Kier alpha value is -1.85. The van der Waals surface area contributed by atoms with Crippen molar-refractivity contribution in [2.75, 3.05) is 0 Å². The van der Waals surface area contributed by atoms with E-state index in [1.165, 1.54) is 0 Å². The second-order valence-electron chi connectivity index (χ2n) is 5.92. The van der Waals surface area contributed by atoms with Crippen LogP contribution in [0.1, 0.15) is 38.7 Å². The third kappa shape index (κ3) is 2.66. The van der Waals surface area contributed by atoms with Crippen LogP contribution in [0.25, 0.3) is 0 Å². The quantitative estimate of drug-likeness (QED) is 0.877. The van der Waals surface area contributed by atoms with Gasteiger partial charge in [-0.25, -0.2) is 0 Å². The number of nitrogens with one attached hydrogen (secondary N) is 1. The van der Waals surface area contributed by atoms with Crippen molar-refractivity contribution in [3.05, 3.63) is 18.0 Å². The van der Waals surface area contributed by atoms with Crippen LogP contribution in [-0.4, -0.2) is 38.6 Å². The maximum atomic E-state index is 12.6. The highest BCUT2D eigenvalue weighted by molar-refractivity contribution is 5.97. The van der Waals surface area contributed by atoms with Crippen LogP contribution in [-0.2, 0) is 22.7 Å². The molecule has 0 radical (unpaired) electrons. The van der Waals surface area contributed by atoms with Gasteiger partial charge >= 0.3 is 0 Å². The summed E-state index contributed by atoms with van der Waals surface area (Å²) in [7, 11) is 0. The first-order valence-electron chi connectivity index (χ1n) is 7.76. The van der Waals surface area contributed by atoms with Crippen molar-refractivity contribution in [1.82, 2.24) is 20.0 Å². The van der Waals surface area contributed by atoms with Crippen LogP contribution in [0.3, 0.4) is 0 Å². The second-order valence-corrected chi connectivity index (χ2v) is 5.92. The Labute approximate surface area is 124 Å². The molecule has 0 spiro atoms. The van der Waals surface area contributed by atoms with Gasteiger partial charge in [-0.05, 0) is 32.1 Å². The van der Waals surface area contributed by atoms with Crippen LogP contribution in [0.15, 0.2) is 12.4 Å². The first kappa shape index (κ1) is 14.1. The van der Waals surface area contributed by atoms with Crippen molar-refractivity contribution in [2.45, 2.75) is 58.3 Å². The van der Waals surface area contributed by atoms with Gasteiger partial charge in [0.25, 0.3) is 0 Å². The normalized spacial score (nSPS) is 26.1. The number of rotatable bonds is 5. The van der Waals surface area contributed by atoms with Crippen molar-refractivity contribution in [1.29, 1.82) is 0 Å². The monoisotopic (exact) mass is 290 g/mol. The molecule has 2 heterocycles. The number of piperazine rings is 1. The fourth-order valence-electron chi connectivity index (χ4n) is 2.99. The van der Waals surface area contributed by atoms with Gasteiger partial charge in [0.2, 0.25) is 11.8 Å². The van der Waals surface area contributed by atoms with Gasteiger partial charge in [0.05, 0.1) is 6.20 Å². The molecule has 1 aromatic rings. The zero-order valence-electron chi connectivity index (χ0n) is 12.6. The molecular formula is C15H22N4O2. The van der Waals surface area contributed by atoms with Crippen LogP contribution in [0.4, 0.5) is 0 Å². The van der Waals surface area contributed by atoms with E-state index >= 15 is 0 Å². The summed E-state index contributed by atoms with van der Waals surface area (Å²) >= 11 is 0. The van der Waals surface area contributed by atoms with E-state index in [-0.39, 0.29) is 23.9 Å². The summed E-state index contributed by atoms with van der Waals surface area (Å²) in [4.78, 5) is 26.7. The van der Waals surface area contributed by atoms with E-state index in [0.29, 0.717) is 18.9 Å². The van der Waals surface area contributed by atoms with E-state index in [9.17, 15) is 9.59 Å². The molecule has 2 fully saturated rings. The summed E-state index contributed by atoms with van der Waals surface area (Å²) in [6, 6.07) is -0.681. The molecule has 0 bridgehead atoms. The first-order valence-corrected chi connectivity index (χ1v) is 7.76. The van der Waals surface area contributed by atoms with E-state index in [1.807, 2.05) is 24.7 Å². The average Bonchev–Trinajstić information content (AvgIpc) is 3.21. The van der Waals surface area contributed by atoms with Crippen molar-refractivity contribution < 1.29 is 9.59 Å². The largest absolute Gasteiger partial charge is 0.343 e. The lowest BCUT2D eigenvalue weighted by atomic mass is 10.0. The van der Waals surface area contributed by atoms with Crippen LogP contribution in [0, 0.1) is 5.92 Å². The van der Waals surface area contributed by atoms with Crippen molar-refractivity contribution in [3.63, 3.8) is 0 Å². The zero-order chi connectivity index (χ0) is 15.0. The Balaban J connectivity index is 1.82. The summed E-state index contributed by atoms with van der Waals surface area (Å²) in [6.07, 6.45) is 6.44. The van der Waals surface area contributed by atoms with Gasteiger partial charge in [-0.15, -0.1) is 0 Å². The molecule has 0 aromatic carbocycles. The van der Waals surface area contributed by atoms with E-state index in [1.54, 1.807) is 11.1 Å². The molecule has 1 N–H and O–H groups in total. The molecule has 6 nitrogen and oxygen atoms in total. The fourth-order valence-corrected chi connectivity index (χ4v) is 2.99. The molecule has 6 heteroatoms. The standard InChI is InChI=1S/C15H22N4O2/c1-3-12-15(21)19(9-10-7-16-18(4-2)8-10)13(11-5-6-11)14(20)17-12/h7-8,11-13H,3-6,9H2,1-2H3,(H,17,20). The molecule has 2 amide bonds. The third-order valence-corrected chi connectivity index (χ3v) is 4.34. The smallest absolute Gasteiger partial charge is 0.246 e. The van der Waals surface area contributed by atoms with Gasteiger partial charge in [-0.1, -0.05) is 6.92 Å². The maximum absolute atomic E-state index is 12.6. The van der Waals surface area contributed by atoms with Crippen LogP contribution in [0.2, 0.25) is 0 Å². The van der Waals surface area contributed by atoms with Crippen molar-refractivity contribution in [3.8, 4) is 0 Å². The molecular weight excluding hydrogens is 268 g/mol. The van der Waals surface area contributed by atoms with Gasteiger partial charge in [0.1, 0.15) is 12.1 Å². The Kier molecular flexibility index (Phi) is 3.69. The minimum Gasteiger partial charge on any atom is -0.343 e. The van der Waals surface area contributed by atoms with Crippen molar-refractivity contribution >= 4 is 11.8 Å². The number of aryl methyl sites for hydroxylation is 1. The summed E-state index contributed by atoms with van der Waals surface area (Å²) in [5, 5.41) is 7.12. The Morgan fingerprint density at radius 1 is 1.33 bits per heavy atom. The van der Waals surface area contributed by atoms with Gasteiger partial charge < -0.3 is 10.2 Å². The molecule has 2 atom stereocenters. The predicted octanol–water partition coefficient (Wildman–Crippen LogP) is 0.919. The first-order chi connectivity index (χ1) is 10.1. The van der Waals surface area contributed by atoms with E-state index < -0.39 is 0 Å². The lowest BCUT2D eigenvalue weighted by Crippen LogP contribution is -2.63. The van der Waals surface area contributed by atoms with Gasteiger partial charge in [-0.2, -0.15) is 5.10 Å². The molecule has 1 aliphatic heterocycles. The third-order valence-electron chi connectivity index (χ3n) is 4.34. The molecule has 1 aromatic heterocycles. The molecule has 1 saturated carbocycles. The summed E-state index contributed by atoms with van der Waals surface area (Å²) in [6.45, 7) is 5.23. The summed E-state index contributed by atoms with van der Waals surface area (Å²) in [5.41, 5.74) is 0.986. The Morgan fingerprint density at radius 2 is 2.10 bits per heavy atom. The molecule has 1 aliphatic carbocycles. The van der Waals surface area contributed by atoms with Gasteiger partial charge in [0, 0.05) is 24.8 Å². The topological polar surface area (TPSA) is 67.2 Å². The second kappa shape index (κ2) is 5.50. The zero-order valence-corrected chi connectivity index (χ0v) is 12.6. The number of hydrogen-bond acceptors (Lipinski definition) is 3. The van der Waals surface area contributed by atoms with E-state index in [4.69, 9.17) is 0 Å². The Bertz CT molecular complexity index is 550. The average molecular weight is 290 g/mol. The number of aromatic nitrogens is 2. The lowest BCUT2D eigenvalue weighted by Gasteiger charge is -2.38. The Morgan fingerprint density at radius 3 is 2.67 bits per heavy atom. The van der Waals surface area contributed by atoms with E-state index in [2.05, 4.69) is 10.4 Å². The fraction of sp³-hybridized carbons (Fsp3) is 0.667. The highest BCUT2D eigenvalue weighted by atomic mass is 16.2. The molecule has 3 rings (SSSR count). The summed E-state index contributed by atoms with van der Waals surface area (Å²) < 4.78 is 1.84. The lowest BCUT2D eigenvalue weighted by molar-refractivity contribution is -0.151. The number of carbonyl (C=O) groups excluding carboxylic acids is 2. The number of hydrogen-bond donors (Lipinski definition) is 1.